The Balaban J connectivity index is 1.91. The van der Waals surface area contributed by atoms with Gasteiger partial charge in [-0.1, -0.05) is 0 Å². The van der Waals surface area contributed by atoms with Gasteiger partial charge in [0.15, 0.2) is 0 Å². The number of hydrogen-bond acceptors (Lipinski definition) is 6. The molecule has 1 atom stereocenters. The Morgan fingerprint density at radius 1 is 1.21 bits per heavy atom. The molecule has 1 aliphatic heterocycles. The van der Waals surface area contributed by atoms with E-state index in [-0.39, 0.29) is 30.4 Å². The lowest BCUT2D eigenvalue weighted by Gasteiger charge is -2.35. The number of nitrogens with zero attached hydrogens (tertiary/aromatic N) is 4. The van der Waals surface area contributed by atoms with E-state index in [2.05, 4.69) is 9.97 Å². The smallest absolute Gasteiger partial charge is 0.442 e. The monoisotopic (exact) mass is 364 g/mol. The maximum Gasteiger partial charge on any atom is 0.442 e. The molecule has 2 rings (SSSR count). The fourth-order valence-corrected chi connectivity index (χ4v) is 2.88. The van der Waals surface area contributed by atoms with Crippen molar-refractivity contribution in [3.8, 4) is 0 Å². The van der Waals surface area contributed by atoms with Gasteiger partial charge in [0.25, 0.3) is 0 Å². The van der Waals surface area contributed by atoms with Crippen LogP contribution in [0.2, 0.25) is 0 Å². The summed E-state index contributed by atoms with van der Waals surface area (Å²) in [5, 5.41) is 7.60. The van der Waals surface area contributed by atoms with Crippen LogP contribution in [0.15, 0.2) is 12.4 Å². The maximum atomic E-state index is 12.3. The standard InChI is InChI=1S/C13H15F3N4O3S/c1-8(24-13(14,15)16)10(21)19-2-4-20(5-3-19)12-17-6-9(7-18-12)11(22)23/h6-8H,2-5H2,1H3,(H,22,23). The Kier molecular flexibility index (Phi) is 5.52. The molecule has 7 nitrogen and oxygen atoms in total. The molecule has 132 valence electrons. The number of alkyl halides is 3. The number of aromatic nitrogens is 2. The molecule has 24 heavy (non-hydrogen) atoms. The van der Waals surface area contributed by atoms with E-state index in [1.54, 1.807) is 4.90 Å². The molecule has 1 unspecified atom stereocenters. The highest BCUT2D eigenvalue weighted by atomic mass is 32.2. The number of carbonyl (C=O) groups excluding carboxylic acids is 1. The molecule has 1 aromatic rings. The Hall–Kier alpha value is -2.04. The summed E-state index contributed by atoms with van der Waals surface area (Å²) in [6, 6.07) is 0. The molecule has 0 aliphatic carbocycles. The Bertz CT molecular complexity index is 603. The van der Waals surface area contributed by atoms with Gasteiger partial charge >= 0.3 is 11.5 Å². The van der Waals surface area contributed by atoms with E-state index in [9.17, 15) is 22.8 Å². The molecule has 0 bridgehead atoms. The highest BCUT2D eigenvalue weighted by Crippen LogP contribution is 2.34. The van der Waals surface area contributed by atoms with Crippen molar-refractivity contribution in [1.29, 1.82) is 0 Å². The van der Waals surface area contributed by atoms with E-state index >= 15 is 0 Å². The van der Waals surface area contributed by atoms with Crippen molar-refractivity contribution in [2.24, 2.45) is 0 Å². The van der Waals surface area contributed by atoms with Crippen LogP contribution in [0.5, 0.6) is 0 Å². The first kappa shape index (κ1) is 18.3. The first-order chi connectivity index (χ1) is 11.2. The molecule has 2 heterocycles. The highest BCUT2D eigenvalue weighted by molar-refractivity contribution is 8.01. The number of carbonyl (C=O) groups is 2. The normalized spacial score (nSPS) is 16.8. The van der Waals surface area contributed by atoms with Crippen molar-refractivity contribution in [3.63, 3.8) is 0 Å². The minimum Gasteiger partial charge on any atom is -0.478 e. The number of hydrogen-bond donors (Lipinski definition) is 1. The minimum atomic E-state index is -4.45. The van der Waals surface area contributed by atoms with Gasteiger partial charge in [-0.15, -0.1) is 0 Å². The molecule has 1 aliphatic rings. The van der Waals surface area contributed by atoms with Crippen LogP contribution in [0.3, 0.4) is 0 Å². The largest absolute Gasteiger partial charge is 0.478 e. The number of halogens is 3. The predicted octanol–water partition coefficient (Wildman–Crippen LogP) is 1.46. The summed E-state index contributed by atoms with van der Waals surface area (Å²) < 4.78 is 37.0. The SMILES string of the molecule is CC(SC(F)(F)F)C(=O)N1CCN(c2ncc(C(=O)O)cn2)CC1. The van der Waals surface area contributed by atoms with Gasteiger partial charge in [-0.25, -0.2) is 14.8 Å². The van der Waals surface area contributed by atoms with Crippen molar-refractivity contribution in [2.45, 2.75) is 17.7 Å². The Labute approximate surface area is 139 Å². The van der Waals surface area contributed by atoms with E-state index in [0.29, 0.717) is 19.0 Å². The zero-order valence-electron chi connectivity index (χ0n) is 12.7. The highest BCUT2D eigenvalue weighted by Gasteiger charge is 2.36. The molecular formula is C13H15F3N4O3S. The minimum absolute atomic E-state index is 0.0365. The van der Waals surface area contributed by atoms with Gasteiger partial charge < -0.3 is 14.9 Å². The molecule has 1 aromatic heterocycles. The lowest BCUT2D eigenvalue weighted by Crippen LogP contribution is -2.51. The molecule has 0 radical (unpaired) electrons. The summed E-state index contributed by atoms with van der Waals surface area (Å²) in [6.45, 7) is 2.47. The fraction of sp³-hybridized carbons (Fsp3) is 0.538. The van der Waals surface area contributed by atoms with E-state index in [1.807, 2.05) is 0 Å². The topological polar surface area (TPSA) is 86.6 Å². The number of aromatic carboxylic acids is 1. The first-order valence-corrected chi connectivity index (χ1v) is 7.89. The second-order valence-corrected chi connectivity index (χ2v) is 6.50. The number of rotatable bonds is 4. The summed E-state index contributed by atoms with van der Waals surface area (Å²) >= 11 is -0.325. The third-order valence-electron chi connectivity index (χ3n) is 3.42. The van der Waals surface area contributed by atoms with Gasteiger partial charge in [-0.3, -0.25) is 4.79 Å². The summed E-state index contributed by atoms with van der Waals surface area (Å²) in [7, 11) is 0. The van der Waals surface area contributed by atoms with Crippen LogP contribution >= 0.6 is 11.8 Å². The maximum absolute atomic E-state index is 12.3. The number of anilines is 1. The average Bonchev–Trinajstić information content (AvgIpc) is 2.53. The quantitative estimate of drug-likeness (QED) is 0.866. The van der Waals surface area contributed by atoms with E-state index in [0.717, 1.165) is 0 Å². The van der Waals surface area contributed by atoms with Crippen LogP contribution < -0.4 is 4.90 Å². The van der Waals surface area contributed by atoms with Crippen LogP contribution in [0.25, 0.3) is 0 Å². The van der Waals surface area contributed by atoms with E-state index in [1.165, 1.54) is 24.2 Å². The first-order valence-electron chi connectivity index (χ1n) is 7.01. The molecular weight excluding hydrogens is 349 g/mol. The molecule has 1 fully saturated rings. The van der Waals surface area contributed by atoms with Gasteiger partial charge in [-0.2, -0.15) is 13.2 Å². The third-order valence-corrected chi connectivity index (χ3v) is 4.24. The number of piperazine rings is 1. The zero-order valence-corrected chi connectivity index (χ0v) is 13.5. The zero-order chi connectivity index (χ0) is 17.9. The second-order valence-electron chi connectivity index (χ2n) is 5.10. The number of carboxylic acid groups (broad SMARTS) is 1. The molecule has 1 amide bonds. The lowest BCUT2D eigenvalue weighted by molar-refractivity contribution is -0.130. The van der Waals surface area contributed by atoms with Crippen molar-refractivity contribution in [3.05, 3.63) is 18.0 Å². The molecule has 11 heteroatoms. The second kappa shape index (κ2) is 7.24. The van der Waals surface area contributed by atoms with Gasteiger partial charge in [-0.05, 0) is 18.7 Å². The number of carboxylic acids is 1. The molecule has 0 aromatic carbocycles. The molecule has 0 saturated carbocycles. The Morgan fingerprint density at radius 2 is 1.75 bits per heavy atom. The summed E-state index contributed by atoms with van der Waals surface area (Å²) in [5.41, 5.74) is -4.48. The van der Waals surface area contributed by atoms with E-state index < -0.39 is 22.6 Å². The Morgan fingerprint density at radius 3 is 2.21 bits per heavy atom. The van der Waals surface area contributed by atoms with Gasteiger partial charge in [0, 0.05) is 38.6 Å². The van der Waals surface area contributed by atoms with Crippen molar-refractivity contribution in [1.82, 2.24) is 14.9 Å². The number of amides is 1. The molecule has 0 spiro atoms. The van der Waals surface area contributed by atoms with Crippen molar-refractivity contribution in [2.75, 3.05) is 31.1 Å². The summed E-state index contributed by atoms with van der Waals surface area (Å²) in [6.07, 6.45) is 2.37. The van der Waals surface area contributed by atoms with Crippen LogP contribution in [-0.4, -0.2) is 68.8 Å². The molecule has 1 saturated heterocycles. The van der Waals surface area contributed by atoms with Gasteiger partial charge in [0.2, 0.25) is 11.9 Å². The predicted molar refractivity (Wildman–Crippen MR) is 80.9 cm³/mol. The van der Waals surface area contributed by atoms with Gasteiger partial charge in [0.1, 0.15) is 0 Å². The third kappa shape index (κ3) is 4.73. The van der Waals surface area contributed by atoms with Crippen LogP contribution in [0.1, 0.15) is 17.3 Å². The van der Waals surface area contributed by atoms with Crippen molar-refractivity contribution >= 4 is 29.6 Å². The van der Waals surface area contributed by atoms with Crippen LogP contribution in [-0.2, 0) is 4.79 Å². The summed E-state index contributed by atoms with van der Waals surface area (Å²) in [4.78, 5) is 33.8. The fourth-order valence-electron chi connectivity index (χ4n) is 2.23. The van der Waals surface area contributed by atoms with Crippen LogP contribution in [0, 0.1) is 0 Å². The van der Waals surface area contributed by atoms with Crippen molar-refractivity contribution < 1.29 is 27.9 Å². The van der Waals surface area contributed by atoms with E-state index in [4.69, 9.17) is 5.11 Å². The van der Waals surface area contributed by atoms with Crippen LogP contribution in [0.4, 0.5) is 19.1 Å². The van der Waals surface area contributed by atoms with Gasteiger partial charge in [0.05, 0.1) is 10.8 Å². The number of thioether (sulfide) groups is 1. The average molecular weight is 364 g/mol. The summed E-state index contributed by atoms with van der Waals surface area (Å²) in [5.74, 6) is -1.36. The molecule has 1 N–H and O–H groups in total. The lowest BCUT2D eigenvalue weighted by atomic mass is 10.3.